The number of fused-ring (bicyclic) bond motifs is 5. The smallest absolute Gasteiger partial charge is 0.410 e. The van der Waals surface area contributed by atoms with Gasteiger partial charge in [-0.3, -0.25) is 4.79 Å². The average molecular weight is 727 g/mol. The molecule has 2 amide bonds. The van der Waals surface area contributed by atoms with Gasteiger partial charge in [0, 0.05) is 63.4 Å². The molecular weight excluding hydrogens is 673 g/mol. The van der Waals surface area contributed by atoms with Crippen molar-refractivity contribution < 1.29 is 37.0 Å². The largest absolute Gasteiger partial charge is 0.497 e. The van der Waals surface area contributed by atoms with Gasteiger partial charge in [-0.1, -0.05) is 25.3 Å². The molecule has 13 heteroatoms. The first-order chi connectivity index (χ1) is 24.1. The van der Waals surface area contributed by atoms with Crippen LogP contribution in [0.2, 0.25) is 0 Å². The van der Waals surface area contributed by atoms with E-state index in [9.17, 15) is 18.0 Å². The van der Waals surface area contributed by atoms with Gasteiger partial charge in [0.1, 0.15) is 11.4 Å². The normalized spacial score (nSPS) is 16.9. The van der Waals surface area contributed by atoms with Gasteiger partial charge < -0.3 is 28.4 Å². The first-order valence-electron chi connectivity index (χ1n) is 17.8. The van der Waals surface area contributed by atoms with E-state index in [2.05, 4.69) is 21.4 Å². The Morgan fingerprint density at radius 1 is 1.00 bits per heavy atom. The number of hydrogen-bond donors (Lipinski definition) is 1. The minimum absolute atomic E-state index is 0.0969. The number of carbonyl (C=O) groups is 2. The van der Waals surface area contributed by atoms with E-state index < -0.39 is 28.0 Å². The van der Waals surface area contributed by atoms with Crippen molar-refractivity contribution in [2.24, 2.45) is 5.92 Å². The molecule has 51 heavy (non-hydrogen) atoms. The lowest BCUT2D eigenvalue weighted by molar-refractivity contribution is -0.106. The lowest BCUT2D eigenvalue weighted by Gasteiger charge is -2.26. The Balaban J connectivity index is 1.57. The van der Waals surface area contributed by atoms with Gasteiger partial charge in [0.15, 0.2) is 6.29 Å². The van der Waals surface area contributed by atoms with Crippen LogP contribution in [-0.4, -0.2) is 94.6 Å². The Morgan fingerprint density at radius 3 is 2.35 bits per heavy atom. The summed E-state index contributed by atoms with van der Waals surface area (Å²) >= 11 is 0. The number of hydrogen-bond acceptors (Lipinski definition) is 8. The van der Waals surface area contributed by atoms with E-state index >= 15 is 0 Å². The minimum Gasteiger partial charge on any atom is -0.497 e. The van der Waals surface area contributed by atoms with Crippen molar-refractivity contribution in [3.63, 3.8) is 0 Å². The molecule has 0 radical (unpaired) electrons. The standard InChI is InChI=1S/C38H54N4O8S/c1-38(2,3)50-37(44)40(4)19-18-25-20-28-21-29(47-6)15-17-30(28)35-34(26-12-10-9-11-13-26)31-16-14-27(22-32(31)42(35)23-25)36(43)39-51(45,46)41(5)24-33(48-7)49-8/h14-17,21-22,25-26,33H,9-13,18-20,23-24H2,1-8H3,(H,39,43). The number of nitrogens with zero attached hydrogens (tertiary/aromatic N) is 3. The number of ether oxygens (including phenoxy) is 4. The van der Waals surface area contributed by atoms with Crippen LogP contribution in [0.4, 0.5) is 4.79 Å². The molecule has 0 spiro atoms. The van der Waals surface area contributed by atoms with Crippen molar-refractivity contribution in [1.29, 1.82) is 0 Å². The van der Waals surface area contributed by atoms with Gasteiger partial charge in [0.25, 0.3) is 5.91 Å². The fourth-order valence-electron chi connectivity index (χ4n) is 7.34. The van der Waals surface area contributed by atoms with E-state index in [1.807, 2.05) is 39.0 Å². The fraction of sp³-hybridized carbons (Fsp3) is 0.579. The van der Waals surface area contributed by atoms with Gasteiger partial charge in [-0.05, 0) is 99.7 Å². The van der Waals surface area contributed by atoms with E-state index in [-0.39, 0.29) is 24.1 Å². The van der Waals surface area contributed by atoms with E-state index in [1.54, 1.807) is 25.1 Å². The average Bonchev–Trinajstić information content (AvgIpc) is 3.31. The number of nitrogens with one attached hydrogen (secondary N) is 1. The number of likely N-dealkylation sites (N-methyl/N-ethyl adjacent to an activating group) is 1. The summed E-state index contributed by atoms with van der Waals surface area (Å²) in [5.41, 5.74) is 5.28. The predicted octanol–water partition coefficient (Wildman–Crippen LogP) is 6.32. The molecule has 0 bridgehead atoms. The molecule has 1 saturated carbocycles. The number of benzene rings is 2. The van der Waals surface area contributed by atoms with E-state index in [1.165, 1.54) is 38.8 Å². The van der Waals surface area contributed by atoms with Crippen LogP contribution in [0.15, 0.2) is 36.4 Å². The first kappa shape index (κ1) is 38.6. The lowest BCUT2D eigenvalue weighted by atomic mass is 9.81. The summed E-state index contributed by atoms with van der Waals surface area (Å²) < 4.78 is 53.4. The maximum absolute atomic E-state index is 13.6. The fourth-order valence-corrected chi connectivity index (χ4v) is 8.17. The van der Waals surface area contributed by atoms with Crippen molar-refractivity contribution in [1.82, 2.24) is 18.5 Å². The second-order valence-corrected chi connectivity index (χ2v) is 16.6. The van der Waals surface area contributed by atoms with Crippen LogP contribution in [0.1, 0.15) is 86.7 Å². The second-order valence-electron chi connectivity index (χ2n) is 14.8. The molecule has 1 fully saturated rings. The van der Waals surface area contributed by atoms with Gasteiger partial charge >= 0.3 is 16.3 Å². The number of carbonyl (C=O) groups excluding carboxylic acids is 2. The molecular formula is C38H54N4O8S. The summed E-state index contributed by atoms with van der Waals surface area (Å²) in [6.07, 6.45) is 6.05. The van der Waals surface area contributed by atoms with E-state index in [0.717, 1.165) is 70.7 Å². The highest BCUT2D eigenvalue weighted by Crippen LogP contribution is 2.47. The van der Waals surface area contributed by atoms with Crippen molar-refractivity contribution in [2.45, 2.75) is 90.1 Å². The van der Waals surface area contributed by atoms with Gasteiger partial charge in [-0.15, -0.1) is 0 Å². The minimum atomic E-state index is -4.19. The summed E-state index contributed by atoms with van der Waals surface area (Å²) in [6, 6.07) is 11.8. The second kappa shape index (κ2) is 15.9. The van der Waals surface area contributed by atoms with Crippen molar-refractivity contribution in [3.8, 4) is 17.0 Å². The Kier molecular flexibility index (Phi) is 12.1. The molecule has 280 valence electrons. The Labute approximate surface area is 302 Å². The molecule has 2 aliphatic rings. The van der Waals surface area contributed by atoms with Gasteiger partial charge in [0.2, 0.25) is 0 Å². The zero-order valence-electron chi connectivity index (χ0n) is 31.3. The molecule has 1 aliphatic carbocycles. The summed E-state index contributed by atoms with van der Waals surface area (Å²) in [5, 5.41) is 1.07. The summed E-state index contributed by atoms with van der Waals surface area (Å²) in [5.74, 6) is 0.553. The van der Waals surface area contributed by atoms with Gasteiger partial charge in [-0.2, -0.15) is 12.7 Å². The van der Waals surface area contributed by atoms with Crippen molar-refractivity contribution in [3.05, 3.63) is 53.1 Å². The Bertz CT molecular complexity index is 1820. The molecule has 0 saturated heterocycles. The topological polar surface area (TPSA) is 129 Å². The zero-order valence-corrected chi connectivity index (χ0v) is 32.1. The molecule has 2 aromatic carbocycles. The number of amides is 2. The van der Waals surface area contributed by atoms with Gasteiger partial charge in [0.05, 0.1) is 19.3 Å². The van der Waals surface area contributed by atoms with Crippen LogP contribution in [0.5, 0.6) is 5.75 Å². The molecule has 3 aromatic rings. The van der Waals surface area contributed by atoms with E-state index in [4.69, 9.17) is 18.9 Å². The Morgan fingerprint density at radius 2 is 1.71 bits per heavy atom. The quantitative estimate of drug-likeness (QED) is 0.215. The number of rotatable bonds is 12. The van der Waals surface area contributed by atoms with Crippen LogP contribution < -0.4 is 9.46 Å². The summed E-state index contributed by atoms with van der Waals surface area (Å²) in [4.78, 5) is 28.1. The SMILES string of the molecule is COc1ccc2c(c1)CC(CCN(C)C(=O)OC(C)(C)C)Cn1c-2c(C2CCCCC2)c2ccc(C(=O)NS(=O)(=O)N(C)CC(OC)OC)cc21. The molecule has 1 aromatic heterocycles. The molecule has 1 aliphatic heterocycles. The highest BCUT2D eigenvalue weighted by Gasteiger charge is 2.32. The molecule has 1 atom stereocenters. The van der Waals surface area contributed by atoms with Crippen LogP contribution >= 0.6 is 0 Å². The third-order valence-electron chi connectivity index (χ3n) is 10.0. The molecule has 5 rings (SSSR count). The molecule has 1 N–H and O–H groups in total. The third kappa shape index (κ3) is 8.88. The maximum atomic E-state index is 13.6. The van der Waals surface area contributed by atoms with Crippen LogP contribution in [0.25, 0.3) is 22.2 Å². The Hall–Kier alpha value is -3.65. The number of aromatic nitrogens is 1. The molecule has 1 unspecified atom stereocenters. The number of methoxy groups -OCH3 is 3. The monoisotopic (exact) mass is 726 g/mol. The van der Waals surface area contributed by atoms with Crippen molar-refractivity contribution >= 4 is 33.1 Å². The maximum Gasteiger partial charge on any atom is 0.410 e. The lowest BCUT2D eigenvalue weighted by Crippen LogP contribution is -2.45. The van der Waals surface area contributed by atoms with Crippen molar-refractivity contribution in [2.75, 3.05) is 48.5 Å². The zero-order chi connectivity index (χ0) is 37.1. The van der Waals surface area contributed by atoms with Gasteiger partial charge in [-0.25, -0.2) is 9.52 Å². The molecule has 2 heterocycles. The third-order valence-corrected chi connectivity index (χ3v) is 11.5. The van der Waals surface area contributed by atoms with Crippen LogP contribution in [-0.2, 0) is 37.4 Å². The predicted molar refractivity (Wildman–Crippen MR) is 197 cm³/mol. The van der Waals surface area contributed by atoms with Crippen LogP contribution in [0.3, 0.4) is 0 Å². The summed E-state index contributed by atoms with van der Waals surface area (Å²) in [7, 11) is 3.45. The highest BCUT2D eigenvalue weighted by molar-refractivity contribution is 7.87. The molecule has 12 nitrogen and oxygen atoms in total. The van der Waals surface area contributed by atoms with Crippen LogP contribution in [0, 0.1) is 5.92 Å². The van der Waals surface area contributed by atoms with E-state index in [0.29, 0.717) is 19.0 Å². The summed E-state index contributed by atoms with van der Waals surface area (Å²) in [6.45, 7) is 6.64. The highest BCUT2D eigenvalue weighted by atomic mass is 32.2. The first-order valence-corrected chi connectivity index (χ1v) is 19.2.